The fourth-order valence-electron chi connectivity index (χ4n) is 4.40. The van der Waals surface area contributed by atoms with Gasteiger partial charge < -0.3 is 20.1 Å². The van der Waals surface area contributed by atoms with E-state index in [1.54, 1.807) is 35.2 Å². The minimum atomic E-state index is -1.36. The highest BCUT2D eigenvalue weighted by atomic mass is 35.5. The van der Waals surface area contributed by atoms with E-state index in [4.69, 9.17) is 11.6 Å². The van der Waals surface area contributed by atoms with Crippen LogP contribution in [0.25, 0.3) is 10.9 Å². The van der Waals surface area contributed by atoms with E-state index < -0.39 is 24.0 Å². The molecule has 0 unspecified atom stereocenters. The lowest BCUT2D eigenvalue weighted by atomic mass is 10.1. The largest absolute Gasteiger partial charge is 0.358 e. The van der Waals surface area contributed by atoms with Gasteiger partial charge in [0.1, 0.15) is 30.2 Å². The van der Waals surface area contributed by atoms with Crippen molar-refractivity contribution < 1.29 is 18.8 Å². The number of hydrogen-bond donors (Lipinski definition) is 2. The summed E-state index contributed by atoms with van der Waals surface area (Å²) in [6, 6.07) is 4.35. The van der Waals surface area contributed by atoms with Crippen molar-refractivity contribution in [2.75, 3.05) is 17.2 Å². The first kappa shape index (κ1) is 27.6. The Labute approximate surface area is 228 Å². The summed E-state index contributed by atoms with van der Waals surface area (Å²) in [6.45, 7) is 6.18. The van der Waals surface area contributed by atoms with Crippen LogP contribution in [0.2, 0.25) is 5.15 Å². The van der Waals surface area contributed by atoms with Crippen LogP contribution in [-0.4, -0.2) is 68.8 Å². The van der Waals surface area contributed by atoms with Crippen molar-refractivity contribution >= 4 is 64.7 Å². The predicted molar refractivity (Wildman–Crippen MR) is 148 cm³/mol. The molecule has 1 aliphatic rings. The Morgan fingerprint density at radius 2 is 2.05 bits per heavy atom. The Kier molecular flexibility index (Phi) is 8.45. The molecule has 1 aliphatic heterocycles. The number of anilines is 2. The summed E-state index contributed by atoms with van der Waals surface area (Å²) < 4.78 is 16.0. The van der Waals surface area contributed by atoms with Crippen molar-refractivity contribution in [1.82, 2.24) is 19.4 Å². The Hall–Kier alpha value is -4.45. The number of carbonyl (C=O) groups excluding carboxylic acids is 3. The second-order valence-corrected chi connectivity index (χ2v) is 9.34. The van der Waals surface area contributed by atoms with Crippen molar-refractivity contribution in [2.45, 2.75) is 39.0 Å². The molecule has 1 fully saturated rings. The number of amides is 2. The molecule has 0 bridgehead atoms. The van der Waals surface area contributed by atoms with E-state index in [1.807, 2.05) is 6.92 Å². The Balaban J connectivity index is 1.56. The summed E-state index contributed by atoms with van der Waals surface area (Å²) in [5.74, 6) is -1.13. The number of aromatic nitrogens is 3. The highest BCUT2D eigenvalue weighted by Gasteiger charge is 2.40. The number of Topliss-reactive ketones (excluding diaryl/α,β-unsaturated/α-hetero) is 1. The molecular formula is C26H26ClFN8O3. The van der Waals surface area contributed by atoms with Crippen LogP contribution >= 0.6 is 11.6 Å². The zero-order valence-electron chi connectivity index (χ0n) is 21.3. The van der Waals surface area contributed by atoms with E-state index in [-0.39, 0.29) is 36.3 Å². The van der Waals surface area contributed by atoms with Gasteiger partial charge in [-0.05, 0) is 38.8 Å². The van der Waals surface area contributed by atoms with Crippen LogP contribution in [0.1, 0.15) is 30.6 Å². The molecule has 1 saturated heterocycles. The average Bonchev–Trinajstić information content (AvgIpc) is 3.45. The molecule has 2 amide bonds. The van der Waals surface area contributed by atoms with Crippen molar-refractivity contribution in [3.8, 4) is 0 Å². The molecule has 0 aliphatic carbocycles. The number of fused-ring (bicyclic) bond motifs is 1. The monoisotopic (exact) mass is 552 g/mol. The number of carbonyl (C=O) groups is 3. The first-order valence-corrected chi connectivity index (χ1v) is 12.3. The van der Waals surface area contributed by atoms with Crippen LogP contribution in [0, 0.1) is 0 Å². The lowest BCUT2D eigenvalue weighted by Gasteiger charge is -2.24. The van der Waals surface area contributed by atoms with Gasteiger partial charge in [-0.15, -0.1) is 0 Å². The van der Waals surface area contributed by atoms with Crippen LogP contribution in [0.5, 0.6) is 0 Å². The minimum Gasteiger partial charge on any atom is -0.358 e. The molecule has 2 aromatic heterocycles. The molecule has 39 heavy (non-hydrogen) atoms. The number of alkyl halides is 1. The molecular weight excluding hydrogens is 527 g/mol. The topological polar surface area (TPSA) is 134 Å². The van der Waals surface area contributed by atoms with Crippen LogP contribution < -0.4 is 10.6 Å². The van der Waals surface area contributed by atoms with Crippen molar-refractivity contribution in [3.63, 3.8) is 0 Å². The van der Waals surface area contributed by atoms with Crippen molar-refractivity contribution in [2.24, 2.45) is 9.98 Å². The molecule has 2 atom stereocenters. The Morgan fingerprint density at radius 1 is 1.26 bits per heavy atom. The van der Waals surface area contributed by atoms with Crippen LogP contribution in [0.3, 0.4) is 0 Å². The Morgan fingerprint density at radius 3 is 2.77 bits per heavy atom. The summed E-state index contributed by atoms with van der Waals surface area (Å²) in [5.41, 5.74) is 2.51. The number of ketones is 1. The standard InChI is InChI=1S/C26H26ClFN8O3/c1-15(8-31-14-29-3)32-18-4-5-21-19(7-18)20(16(2)37)12-35(21)13-25(38)36-11-17(28)6-22(36)26(39)34-24-10-30-9-23(27)33-24/h4-5,7-10,12,14,17,22,32H,3,6,11,13H2,1-2H3,(H,33,34,39)/b15-8+,31-14?/t17-,22+/m1/s1. The van der Waals surface area contributed by atoms with Gasteiger partial charge in [-0.3, -0.25) is 24.4 Å². The van der Waals surface area contributed by atoms with Gasteiger partial charge in [0.05, 0.1) is 18.9 Å². The van der Waals surface area contributed by atoms with Gasteiger partial charge in [0, 0.05) is 46.7 Å². The molecule has 1 aromatic carbocycles. The third-order valence-electron chi connectivity index (χ3n) is 6.05. The molecule has 4 rings (SSSR count). The molecule has 3 heterocycles. The summed E-state index contributed by atoms with van der Waals surface area (Å²) in [5, 5.41) is 6.45. The third kappa shape index (κ3) is 6.52. The maximum Gasteiger partial charge on any atom is 0.248 e. The van der Waals surface area contributed by atoms with Gasteiger partial charge in [-0.1, -0.05) is 11.6 Å². The van der Waals surface area contributed by atoms with E-state index >= 15 is 0 Å². The second kappa shape index (κ2) is 11.9. The van der Waals surface area contributed by atoms with Gasteiger partial charge >= 0.3 is 0 Å². The van der Waals surface area contributed by atoms with Crippen molar-refractivity contribution in [1.29, 1.82) is 0 Å². The number of allylic oxidation sites excluding steroid dienone is 1. The minimum absolute atomic E-state index is 0.0827. The first-order valence-electron chi connectivity index (χ1n) is 11.9. The lowest BCUT2D eigenvalue weighted by Crippen LogP contribution is -2.44. The number of nitrogens with one attached hydrogen (secondary N) is 2. The maximum atomic E-state index is 14.4. The summed E-state index contributed by atoms with van der Waals surface area (Å²) in [6.07, 6.45) is 5.59. The number of halogens is 2. The zero-order valence-corrected chi connectivity index (χ0v) is 22.0. The number of hydrogen-bond acceptors (Lipinski definition) is 7. The number of benzene rings is 1. The van der Waals surface area contributed by atoms with E-state index in [1.165, 1.54) is 30.6 Å². The van der Waals surface area contributed by atoms with Crippen LogP contribution in [0.4, 0.5) is 15.9 Å². The van der Waals surface area contributed by atoms with Crippen molar-refractivity contribution in [3.05, 3.63) is 59.4 Å². The number of rotatable bonds is 9. The normalized spacial score (nSPS) is 17.5. The van der Waals surface area contributed by atoms with Gasteiger partial charge in [0.15, 0.2) is 11.6 Å². The quantitative estimate of drug-likeness (QED) is 0.235. The molecule has 11 nitrogen and oxygen atoms in total. The maximum absolute atomic E-state index is 14.4. The van der Waals surface area contributed by atoms with Crippen LogP contribution in [-0.2, 0) is 16.1 Å². The number of aliphatic imine (C=N–C) groups is 2. The molecule has 2 N–H and O–H groups in total. The SMILES string of the molecule is C=NC=N/C=C(\C)Nc1ccc2c(c1)c(C(C)=O)cn2CC(=O)N1C[C@H](F)C[C@H]1C(=O)Nc1cncc(Cl)n1. The molecule has 3 aromatic rings. The fraction of sp³-hybridized carbons (Fsp3) is 0.269. The average molecular weight is 553 g/mol. The second-order valence-electron chi connectivity index (χ2n) is 8.95. The predicted octanol–water partition coefficient (Wildman–Crippen LogP) is 3.87. The summed E-state index contributed by atoms with van der Waals surface area (Å²) in [7, 11) is 0. The highest BCUT2D eigenvalue weighted by Crippen LogP contribution is 2.28. The zero-order chi connectivity index (χ0) is 28.1. The van der Waals surface area contributed by atoms with Gasteiger partial charge in [0.25, 0.3) is 0 Å². The van der Waals surface area contributed by atoms with Gasteiger partial charge in [0.2, 0.25) is 11.8 Å². The van der Waals surface area contributed by atoms with Gasteiger partial charge in [-0.25, -0.2) is 14.4 Å². The first-order chi connectivity index (χ1) is 18.7. The number of likely N-dealkylation sites (tertiary alicyclic amines) is 1. The van der Waals surface area contributed by atoms with E-state index in [9.17, 15) is 18.8 Å². The molecule has 0 radical (unpaired) electrons. The molecule has 13 heteroatoms. The summed E-state index contributed by atoms with van der Waals surface area (Å²) in [4.78, 5) is 55.2. The Bertz CT molecular complexity index is 1500. The smallest absolute Gasteiger partial charge is 0.248 e. The molecule has 0 spiro atoms. The van der Waals surface area contributed by atoms with Crippen LogP contribution in [0.15, 0.2) is 58.7 Å². The summed E-state index contributed by atoms with van der Waals surface area (Å²) >= 11 is 5.82. The fourth-order valence-corrected chi connectivity index (χ4v) is 4.54. The highest BCUT2D eigenvalue weighted by molar-refractivity contribution is 6.29. The number of nitrogens with zero attached hydrogens (tertiary/aromatic N) is 6. The molecule has 202 valence electrons. The van der Waals surface area contributed by atoms with Gasteiger partial charge in [-0.2, -0.15) is 0 Å². The van der Waals surface area contributed by atoms with E-state index in [2.05, 4.69) is 37.3 Å². The van der Waals surface area contributed by atoms with E-state index in [0.717, 1.165) is 5.70 Å². The van der Waals surface area contributed by atoms with E-state index in [0.29, 0.717) is 22.2 Å². The molecule has 0 saturated carbocycles. The lowest BCUT2D eigenvalue weighted by molar-refractivity contribution is -0.137. The third-order valence-corrected chi connectivity index (χ3v) is 6.24.